The summed E-state index contributed by atoms with van der Waals surface area (Å²) in [5, 5.41) is 44.2. The molecule has 0 amide bonds. The molecule has 0 aliphatic heterocycles. The van der Waals surface area contributed by atoms with E-state index < -0.39 is 24.4 Å². The minimum atomic E-state index is -1.24. The Bertz CT molecular complexity index is 1160. The Labute approximate surface area is 204 Å². The summed E-state index contributed by atoms with van der Waals surface area (Å²) in [7, 11) is 0. The molecule has 0 saturated heterocycles. The lowest BCUT2D eigenvalue weighted by Gasteiger charge is -2.16. The summed E-state index contributed by atoms with van der Waals surface area (Å²) in [5.41, 5.74) is 2.00. The first-order valence-corrected chi connectivity index (χ1v) is 12.6. The number of aromatic nitrogens is 5. The minimum absolute atomic E-state index is 0.132. The van der Waals surface area contributed by atoms with Gasteiger partial charge in [0.25, 0.3) is 0 Å². The Morgan fingerprint density at radius 3 is 2.52 bits per heavy atom. The molecule has 2 aliphatic carbocycles. The van der Waals surface area contributed by atoms with Gasteiger partial charge in [0, 0.05) is 34.2 Å². The lowest BCUT2D eigenvalue weighted by molar-refractivity contribution is -0.0253. The van der Waals surface area contributed by atoms with Gasteiger partial charge in [0.15, 0.2) is 22.1 Å². The summed E-state index contributed by atoms with van der Waals surface area (Å²) in [6.07, 6.45) is -1.41. The minimum Gasteiger partial charge on any atom is -0.390 e. The molecule has 2 saturated carbocycles. The third-order valence-electron chi connectivity index (χ3n) is 6.10. The number of fused-ring (bicyclic) bond motifs is 1. The van der Waals surface area contributed by atoms with Crippen molar-refractivity contribution in [3.63, 3.8) is 0 Å². The summed E-state index contributed by atoms with van der Waals surface area (Å²) in [6, 6.07) is 5.06. The second-order valence-electron chi connectivity index (χ2n) is 8.56. The lowest BCUT2D eigenvalue weighted by Crippen LogP contribution is -2.31. The van der Waals surface area contributed by atoms with Crippen LogP contribution in [0.5, 0.6) is 0 Å². The zero-order valence-electron chi connectivity index (χ0n) is 17.8. The van der Waals surface area contributed by atoms with Crippen molar-refractivity contribution in [2.75, 3.05) is 11.1 Å². The summed E-state index contributed by atoms with van der Waals surface area (Å²) < 4.78 is 1.49. The van der Waals surface area contributed by atoms with Crippen molar-refractivity contribution in [1.82, 2.24) is 25.0 Å². The van der Waals surface area contributed by atoms with Crippen molar-refractivity contribution in [3.8, 4) is 0 Å². The number of hydrogen-bond donors (Lipinski definition) is 4. The topological polar surface area (TPSA) is 129 Å². The van der Waals surface area contributed by atoms with Crippen molar-refractivity contribution in [3.05, 3.63) is 33.8 Å². The maximum Gasteiger partial charge on any atom is 0.191 e. The van der Waals surface area contributed by atoms with E-state index in [4.69, 9.17) is 23.2 Å². The third-order valence-corrected chi connectivity index (χ3v) is 7.59. The molecule has 176 valence electrons. The van der Waals surface area contributed by atoms with Crippen LogP contribution < -0.4 is 5.32 Å². The monoisotopic (exact) mass is 510 g/mol. The van der Waals surface area contributed by atoms with Crippen LogP contribution in [0.25, 0.3) is 11.2 Å². The molecule has 9 nitrogen and oxygen atoms in total. The van der Waals surface area contributed by atoms with Crippen LogP contribution >= 0.6 is 35.0 Å². The van der Waals surface area contributed by atoms with E-state index in [1.54, 1.807) is 6.07 Å². The molecule has 1 aromatic carbocycles. The van der Waals surface area contributed by atoms with E-state index in [9.17, 15) is 15.3 Å². The number of hydrogen-bond acceptors (Lipinski definition) is 9. The number of halogens is 2. The van der Waals surface area contributed by atoms with Crippen LogP contribution in [0.2, 0.25) is 10.0 Å². The predicted octanol–water partition coefficient (Wildman–Crippen LogP) is 3.03. The molecule has 12 heteroatoms. The summed E-state index contributed by atoms with van der Waals surface area (Å²) in [4.78, 5) is 9.31. The molecule has 6 atom stereocenters. The number of thioether (sulfide) groups is 1. The van der Waals surface area contributed by atoms with Crippen molar-refractivity contribution in [1.29, 1.82) is 0 Å². The summed E-state index contributed by atoms with van der Waals surface area (Å²) in [5.74, 6) is 1.66. The van der Waals surface area contributed by atoms with E-state index in [2.05, 4.69) is 32.5 Å². The lowest BCUT2D eigenvalue weighted by atomic mass is 10.1. The average Bonchev–Trinajstić information content (AvgIpc) is 3.34. The van der Waals surface area contributed by atoms with Crippen molar-refractivity contribution in [2.45, 2.75) is 67.7 Å². The second kappa shape index (κ2) is 9.16. The van der Waals surface area contributed by atoms with E-state index in [0.717, 1.165) is 24.2 Å². The molecular weight excluding hydrogens is 487 g/mol. The third kappa shape index (κ3) is 4.52. The predicted molar refractivity (Wildman–Crippen MR) is 127 cm³/mol. The highest BCUT2D eigenvalue weighted by molar-refractivity contribution is 7.99. The molecule has 4 N–H and O–H groups in total. The van der Waals surface area contributed by atoms with Crippen LogP contribution in [0.4, 0.5) is 5.82 Å². The van der Waals surface area contributed by atoms with Gasteiger partial charge in [-0.1, -0.05) is 47.1 Å². The SMILES string of the molecule is CCCSc1nc(NC2CC2c2cc(Cl)cc(Cl)c2)c2nnn([C@@H]3C[C@H](O)[C@@H](O)[C@H]3O)c2n1. The first kappa shape index (κ1) is 23.1. The van der Waals surface area contributed by atoms with E-state index >= 15 is 0 Å². The largest absolute Gasteiger partial charge is 0.390 e. The van der Waals surface area contributed by atoms with Crippen molar-refractivity contribution < 1.29 is 15.3 Å². The van der Waals surface area contributed by atoms with Gasteiger partial charge >= 0.3 is 0 Å². The Balaban J connectivity index is 1.46. The fourth-order valence-corrected chi connectivity index (χ4v) is 5.54. The molecular formula is C21H24Cl2N6O3S. The summed E-state index contributed by atoms with van der Waals surface area (Å²) >= 11 is 13.9. The number of benzene rings is 1. The molecule has 3 aromatic rings. The zero-order valence-corrected chi connectivity index (χ0v) is 20.1. The van der Waals surface area contributed by atoms with Gasteiger partial charge in [0.05, 0.1) is 12.1 Å². The maximum absolute atomic E-state index is 10.4. The Morgan fingerprint density at radius 1 is 1.09 bits per heavy atom. The van der Waals surface area contributed by atoms with Crippen LogP contribution in [-0.4, -0.2) is 70.4 Å². The number of rotatable bonds is 7. The number of aliphatic hydroxyl groups is 3. The van der Waals surface area contributed by atoms with Gasteiger partial charge < -0.3 is 20.6 Å². The fourth-order valence-electron chi connectivity index (χ4n) is 4.31. The molecule has 2 aromatic heterocycles. The maximum atomic E-state index is 10.4. The Hall–Kier alpha value is -1.69. The molecule has 2 unspecified atom stereocenters. The number of anilines is 1. The molecule has 2 fully saturated rings. The Morgan fingerprint density at radius 2 is 1.85 bits per heavy atom. The van der Waals surface area contributed by atoms with E-state index in [1.165, 1.54) is 16.4 Å². The van der Waals surface area contributed by atoms with Gasteiger partial charge in [-0.25, -0.2) is 14.6 Å². The molecule has 33 heavy (non-hydrogen) atoms. The molecule has 5 rings (SSSR count). The molecule has 0 bridgehead atoms. The summed E-state index contributed by atoms with van der Waals surface area (Å²) in [6.45, 7) is 2.08. The van der Waals surface area contributed by atoms with Gasteiger partial charge in [-0.3, -0.25) is 0 Å². The highest BCUT2D eigenvalue weighted by Crippen LogP contribution is 2.45. The van der Waals surface area contributed by atoms with Crippen LogP contribution in [0.1, 0.15) is 43.7 Å². The molecule has 0 spiro atoms. The fraction of sp³-hybridized carbons (Fsp3) is 0.524. The van der Waals surface area contributed by atoms with Crippen LogP contribution in [0, 0.1) is 0 Å². The molecule has 0 radical (unpaired) electrons. The van der Waals surface area contributed by atoms with Gasteiger partial charge in [0.2, 0.25) is 0 Å². The van der Waals surface area contributed by atoms with Crippen LogP contribution in [-0.2, 0) is 0 Å². The van der Waals surface area contributed by atoms with Gasteiger partial charge in [0.1, 0.15) is 12.2 Å². The van der Waals surface area contributed by atoms with E-state index in [0.29, 0.717) is 32.2 Å². The second-order valence-corrected chi connectivity index (χ2v) is 10.5. The normalized spacial score (nSPS) is 29.0. The standard InChI is InChI=1S/C21H24Cl2N6O3S/c1-2-3-33-21-25-19(24-13-7-12(13)9-4-10(22)6-11(23)5-9)16-20(26-21)29(28-27-16)14-8-15(30)18(32)17(14)31/h4-6,12-15,17-18,30-32H,2-3,7-8H2,1H3,(H,24,25,26)/t12?,13?,14-,15+,17+,18-/m1/s1. The van der Waals surface area contributed by atoms with Gasteiger partial charge in [-0.05, 0) is 36.6 Å². The van der Waals surface area contributed by atoms with Gasteiger partial charge in [-0.2, -0.15) is 0 Å². The highest BCUT2D eigenvalue weighted by Gasteiger charge is 2.44. The smallest absolute Gasteiger partial charge is 0.191 e. The number of aliphatic hydroxyl groups excluding tert-OH is 3. The molecule has 2 aliphatic rings. The molecule has 2 heterocycles. The zero-order chi connectivity index (χ0) is 23.3. The van der Waals surface area contributed by atoms with Crippen molar-refractivity contribution >= 4 is 51.9 Å². The number of nitrogens with zero attached hydrogens (tertiary/aromatic N) is 5. The quantitative estimate of drug-likeness (QED) is 0.279. The van der Waals surface area contributed by atoms with Gasteiger partial charge in [-0.15, -0.1) is 5.10 Å². The van der Waals surface area contributed by atoms with E-state index in [-0.39, 0.29) is 18.4 Å². The Kier molecular flexibility index (Phi) is 6.41. The van der Waals surface area contributed by atoms with Crippen LogP contribution in [0.3, 0.4) is 0 Å². The number of nitrogens with one attached hydrogen (secondary N) is 1. The van der Waals surface area contributed by atoms with Crippen LogP contribution in [0.15, 0.2) is 23.4 Å². The average molecular weight is 511 g/mol. The first-order valence-electron chi connectivity index (χ1n) is 10.9. The van der Waals surface area contributed by atoms with E-state index in [1.807, 2.05) is 12.1 Å². The van der Waals surface area contributed by atoms with Crippen molar-refractivity contribution in [2.24, 2.45) is 0 Å². The first-order chi connectivity index (χ1) is 15.9. The highest BCUT2D eigenvalue weighted by atomic mass is 35.5.